The van der Waals surface area contributed by atoms with Crippen LogP contribution in [0.4, 0.5) is 0 Å². The van der Waals surface area contributed by atoms with Gasteiger partial charge < -0.3 is 11.1 Å². The highest BCUT2D eigenvalue weighted by molar-refractivity contribution is 6.30. The molecule has 1 fully saturated rings. The molecular weight excluding hydrogens is 429 g/mol. The average molecular weight is 459 g/mol. The quantitative estimate of drug-likeness (QED) is 0.628. The number of amides is 1. The van der Waals surface area contributed by atoms with Gasteiger partial charge in [0.1, 0.15) is 0 Å². The zero-order valence-corrected chi connectivity index (χ0v) is 19.0. The highest BCUT2D eigenvalue weighted by atomic mass is 35.5. The van der Waals surface area contributed by atoms with Crippen molar-refractivity contribution in [2.24, 2.45) is 11.7 Å². The number of rotatable bonds is 7. The smallest absolute Gasteiger partial charge is 0.224 e. The molecule has 3 rings (SSSR count). The van der Waals surface area contributed by atoms with Crippen molar-refractivity contribution in [2.75, 3.05) is 19.6 Å². The van der Waals surface area contributed by atoms with Gasteiger partial charge in [0.05, 0.1) is 12.0 Å². The predicted octanol–water partition coefficient (Wildman–Crippen LogP) is 4.77. The van der Waals surface area contributed by atoms with E-state index in [0.717, 1.165) is 29.2 Å². The SMILES string of the molecule is CC(C(=O)NCC(c1cccc(Cl)c1)N1CCCC1)C(N)c1ccccc1.Cl.Cl. The molecule has 1 heterocycles. The topological polar surface area (TPSA) is 58.4 Å². The molecule has 2 aromatic rings. The molecule has 29 heavy (non-hydrogen) atoms. The van der Waals surface area contributed by atoms with Crippen LogP contribution in [0.5, 0.6) is 0 Å². The molecule has 2 aromatic carbocycles. The summed E-state index contributed by atoms with van der Waals surface area (Å²) in [7, 11) is 0. The molecule has 1 amide bonds. The van der Waals surface area contributed by atoms with Crippen LogP contribution in [-0.2, 0) is 4.79 Å². The number of carbonyl (C=O) groups excluding carboxylic acids is 1. The van der Waals surface area contributed by atoms with Crippen LogP contribution in [0.2, 0.25) is 5.02 Å². The average Bonchev–Trinajstić information content (AvgIpc) is 3.22. The van der Waals surface area contributed by atoms with E-state index in [9.17, 15) is 4.79 Å². The van der Waals surface area contributed by atoms with E-state index >= 15 is 0 Å². The van der Waals surface area contributed by atoms with E-state index in [-0.39, 0.29) is 48.7 Å². The van der Waals surface area contributed by atoms with Crippen molar-refractivity contribution in [3.63, 3.8) is 0 Å². The second kappa shape index (κ2) is 12.4. The van der Waals surface area contributed by atoms with E-state index in [1.54, 1.807) is 0 Å². The highest BCUT2D eigenvalue weighted by Gasteiger charge is 2.26. The van der Waals surface area contributed by atoms with Crippen LogP contribution in [0, 0.1) is 5.92 Å². The number of carbonyl (C=O) groups is 1. The summed E-state index contributed by atoms with van der Waals surface area (Å²) in [5.74, 6) is -0.316. The van der Waals surface area contributed by atoms with Gasteiger partial charge in [0, 0.05) is 17.6 Å². The maximum Gasteiger partial charge on any atom is 0.224 e. The molecule has 1 saturated heterocycles. The molecule has 0 aliphatic carbocycles. The minimum atomic E-state index is -0.317. The molecule has 1 aliphatic heterocycles. The van der Waals surface area contributed by atoms with Crippen LogP contribution < -0.4 is 11.1 Å². The maximum atomic E-state index is 12.7. The Hall–Kier alpha value is -1.30. The van der Waals surface area contributed by atoms with Crippen molar-refractivity contribution in [2.45, 2.75) is 31.8 Å². The molecule has 1 aliphatic rings. The largest absolute Gasteiger partial charge is 0.354 e. The van der Waals surface area contributed by atoms with Gasteiger partial charge in [-0.25, -0.2) is 0 Å². The Balaban J connectivity index is 0.00000210. The Morgan fingerprint density at radius 1 is 1.07 bits per heavy atom. The van der Waals surface area contributed by atoms with Crippen LogP contribution >= 0.6 is 36.4 Å². The number of hydrogen-bond donors (Lipinski definition) is 2. The summed E-state index contributed by atoms with van der Waals surface area (Å²) in [5, 5.41) is 3.85. The molecule has 0 saturated carbocycles. The Labute approximate surface area is 191 Å². The molecule has 3 atom stereocenters. The summed E-state index contributed by atoms with van der Waals surface area (Å²) in [4.78, 5) is 15.2. The van der Waals surface area contributed by atoms with Crippen molar-refractivity contribution in [3.8, 4) is 0 Å². The Morgan fingerprint density at radius 2 is 1.69 bits per heavy atom. The first-order chi connectivity index (χ1) is 13.1. The molecule has 160 valence electrons. The lowest BCUT2D eigenvalue weighted by molar-refractivity contribution is -0.125. The number of nitrogens with one attached hydrogen (secondary N) is 1. The van der Waals surface area contributed by atoms with E-state index in [2.05, 4.69) is 16.3 Å². The van der Waals surface area contributed by atoms with E-state index in [1.165, 1.54) is 12.8 Å². The Bertz CT molecular complexity index is 754. The zero-order valence-electron chi connectivity index (χ0n) is 16.6. The van der Waals surface area contributed by atoms with Gasteiger partial charge in [-0.15, -0.1) is 24.8 Å². The van der Waals surface area contributed by atoms with Gasteiger partial charge in [-0.2, -0.15) is 0 Å². The van der Waals surface area contributed by atoms with Gasteiger partial charge in [0.2, 0.25) is 5.91 Å². The van der Waals surface area contributed by atoms with Gasteiger partial charge in [0.25, 0.3) is 0 Å². The van der Waals surface area contributed by atoms with E-state index < -0.39 is 0 Å². The molecule has 4 nitrogen and oxygen atoms in total. The number of nitrogens with two attached hydrogens (primary N) is 1. The molecular formula is C22H30Cl3N3O. The first-order valence-electron chi connectivity index (χ1n) is 9.64. The van der Waals surface area contributed by atoms with E-state index in [0.29, 0.717) is 6.54 Å². The third-order valence-electron chi connectivity index (χ3n) is 5.42. The first-order valence-corrected chi connectivity index (χ1v) is 10.0. The van der Waals surface area contributed by atoms with Crippen molar-refractivity contribution < 1.29 is 4.79 Å². The summed E-state index contributed by atoms with van der Waals surface area (Å²) in [6, 6.07) is 17.5. The van der Waals surface area contributed by atoms with Gasteiger partial charge in [-0.1, -0.05) is 61.0 Å². The van der Waals surface area contributed by atoms with Gasteiger partial charge in [-0.3, -0.25) is 9.69 Å². The Morgan fingerprint density at radius 3 is 2.31 bits per heavy atom. The lowest BCUT2D eigenvalue weighted by atomic mass is 9.94. The van der Waals surface area contributed by atoms with Crippen LogP contribution in [0.25, 0.3) is 0 Å². The van der Waals surface area contributed by atoms with Gasteiger partial charge in [-0.05, 0) is 49.2 Å². The first kappa shape index (κ1) is 25.7. The number of hydrogen-bond acceptors (Lipinski definition) is 3. The summed E-state index contributed by atoms with van der Waals surface area (Å²) in [6.45, 7) is 4.54. The zero-order chi connectivity index (χ0) is 19.2. The molecule has 3 unspecified atom stereocenters. The van der Waals surface area contributed by atoms with Crippen LogP contribution in [0.1, 0.15) is 43.0 Å². The van der Waals surface area contributed by atoms with E-state index in [1.807, 2.05) is 55.5 Å². The number of halogens is 3. The fraction of sp³-hybridized carbons (Fsp3) is 0.409. The molecule has 0 aromatic heterocycles. The lowest BCUT2D eigenvalue weighted by Crippen LogP contribution is -2.41. The van der Waals surface area contributed by atoms with Gasteiger partial charge in [0.15, 0.2) is 0 Å². The minimum Gasteiger partial charge on any atom is -0.354 e. The molecule has 0 bridgehead atoms. The highest BCUT2D eigenvalue weighted by Crippen LogP contribution is 2.27. The van der Waals surface area contributed by atoms with Crippen LogP contribution in [-0.4, -0.2) is 30.4 Å². The third-order valence-corrected chi connectivity index (χ3v) is 5.66. The normalized spacial score (nSPS) is 16.8. The second-order valence-electron chi connectivity index (χ2n) is 7.28. The summed E-state index contributed by atoms with van der Waals surface area (Å²) in [6.07, 6.45) is 2.39. The fourth-order valence-electron chi connectivity index (χ4n) is 3.71. The second-order valence-corrected chi connectivity index (χ2v) is 7.72. The minimum absolute atomic E-state index is 0. The van der Waals surface area contributed by atoms with Crippen molar-refractivity contribution in [1.82, 2.24) is 10.2 Å². The standard InChI is InChI=1S/C22H28ClN3O.2ClH/c1-16(21(24)17-8-3-2-4-9-17)22(27)25-15-20(26-12-5-6-13-26)18-10-7-11-19(23)14-18;;/h2-4,7-11,14,16,20-21H,5-6,12-13,15,24H2,1H3,(H,25,27);2*1H. The van der Waals surface area contributed by atoms with E-state index in [4.69, 9.17) is 17.3 Å². The Kier molecular flexibility index (Phi) is 11.0. The van der Waals surface area contributed by atoms with Crippen LogP contribution in [0.15, 0.2) is 54.6 Å². The van der Waals surface area contributed by atoms with Gasteiger partial charge >= 0.3 is 0 Å². The maximum absolute atomic E-state index is 12.7. The number of benzene rings is 2. The molecule has 7 heteroatoms. The van der Waals surface area contributed by atoms with Crippen molar-refractivity contribution in [1.29, 1.82) is 0 Å². The lowest BCUT2D eigenvalue weighted by Gasteiger charge is -2.29. The van der Waals surface area contributed by atoms with Crippen LogP contribution in [0.3, 0.4) is 0 Å². The number of nitrogens with zero attached hydrogens (tertiary/aromatic N) is 1. The third kappa shape index (κ3) is 6.87. The monoisotopic (exact) mass is 457 g/mol. The molecule has 0 radical (unpaired) electrons. The summed E-state index contributed by atoms with van der Waals surface area (Å²) < 4.78 is 0. The fourth-order valence-corrected chi connectivity index (χ4v) is 3.91. The summed E-state index contributed by atoms with van der Waals surface area (Å²) >= 11 is 6.20. The van der Waals surface area contributed by atoms with Crippen molar-refractivity contribution >= 4 is 42.3 Å². The molecule has 3 N–H and O–H groups in total. The molecule has 0 spiro atoms. The van der Waals surface area contributed by atoms with Crippen molar-refractivity contribution in [3.05, 3.63) is 70.7 Å². The number of likely N-dealkylation sites (tertiary alicyclic amines) is 1. The summed E-state index contributed by atoms with van der Waals surface area (Å²) in [5.41, 5.74) is 8.43. The predicted molar refractivity (Wildman–Crippen MR) is 125 cm³/mol.